The van der Waals surface area contributed by atoms with Crippen LogP contribution in [-0.2, 0) is 13.1 Å². The molecule has 1 N–H and O–H groups in total. The summed E-state index contributed by atoms with van der Waals surface area (Å²) in [6, 6.07) is 4.30. The predicted octanol–water partition coefficient (Wildman–Crippen LogP) is 2.98. The van der Waals surface area contributed by atoms with Gasteiger partial charge in [-0.3, -0.25) is 4.98 Å². The summed E-state index contributed by atoms with van der Waals surface area (Å²) in [6.07, 6.45) is 7.37. The molecular formula is C16H27N3. The van der Waals surface area contributed by atoms with E-state index in [1.807, 2.05) is 12.3 Å². The van der Waals surface area contributed by atoms with E-state index in [1.54, 1.807) is 0 Å². The van der Waals surface area contributed by atoms with Crippen LogP contribution in [0.15, 0.2) is 31.0 Å². The first-order valence-electron chi connectivity index (χ1n) is 7.20. The zero-order chi connectivity index (χ0) is 13.9. The summed E-state index contributed by atoms with van der Waals surface area (Å²) in [5.74, 6) is 0. The van der Waals surface area contributed by atoms with E-state index in [4.69, 9.17) is 0 Å². The van der Waals surface area contributed by atoms with Crippen LogP contribution in [0.25, 0.3) is 0 Å². The number of hydrogen-bond acceptors (Lipinski definition) is 3. The van der Waals surface area contributed by atoms with Gasteiger partial charge in [0.05, 0.1) is 5.69 Å². The normalized spacial score (nSPS) is 10.9. The van der Waals surface area contributed by atoms with E-state index in [0.29, 0.717) is 0 Å². The van der Waals surface area contributed by atoms with Crippen LogP contribution in [0.2, 0.25) is 0 Å². The molecular weight excluding hydrogens is 234 g/mol. The molecule has 1 aromatic rings. The first-order chi connectivity index (χ1) is 9.26. The molecule has 106 valence electrons. The Bertz CT molecular complexity index is 346. The van der Waals surface area contributed by atoms with Gasteiger partial charge in [0.2, 0.25) is 0 Å². The smallest absolute Gasteiger partial charge is 0.0544 e. The molecule has 0 amide bonds. The van der Waals surface area contributed by atoms with Crippen LogP contribution >= 0.6 is 0 Å². The number of pyridine rings is 1. The highest BCUT2D eigenvalue weighted by atomic mass is 15.1. The minimum Gasteiger partial charge on any atom is -0.313 e. The second kappa shape index (κ2) is 9.70. The number of hydrogen-bond donors (Lipinski definition) is 1. The number of nitrogens with one attached hydrogen (secondary N) is 1. The summed E-state index contributed by atoms with van der Waals surface area (Å²) in [5.41, 5.74) is 2.40. The third kappa shape index (κ3) is 7.09. The zero-order valence-corrected chi connectivity index (χ0v) is 12.4. The van der Waals surface area contributed by atoms with Gasteiger partial charge in [-0.2, -0.15) is 0 Å². The van der Waals surface area contributed by atoms with Crippen molar-refractivity contribution in [1.29, 1.82) is 0 Å². The van der Waals surface area contributed by atoms with Crippen LogP contribution in [0.4, 0.5) is 0 Å². The Morgan fingerprint density at radius 2 is 2.26 bits per heavy atom. The van der Waals surface area contributed by atoms with Gasteiger partial charge in [-0.25, -0.2) is 0 Å². The molecule has 0 aromatic carbocycles. The van der Waals surface area contributed by atoms with Crippen LogP contribution in [0.3, 0.4) is 0 Å². The lowest BCUT2D eigenvalue weighted by molar-refractivity contribution is 0.319. The van der Waals surface area contributed by atoms with Crippen molar-refractivity contribution < 1.29 is 0 Å². The van der Waals surface area contributed by atoms with E-state index in [9.17, 15) is 0 Å². The average Bonchev–Trinajstić information content (AvgIpc) is 2.41. The highest BCUT2D eigenvalue weighted by Gasteiger charge is 2.01. The summed E-state index contributed by atoms with van der Waals surface area (Å²) < 4.78 is 0. The third-order valence-corrected chi connectivity index (χ3v) is 3.02. The Morgan fingerprint density at radius 1 is 1.42 bits per heavy atom. The van der Waals surface area contributed by atoms with Gasteiger partial charge in [0.15, 0.2) is 0 Å². The standard InChI is InChI=1S/C16H27N3/c1-4-6-7-11-19(3)14-16-9-8-15(13-18-16)12-17-10-5-2/h4,8-9,13,17H,1,5-7,10-12,14H2,2-3H3. The maximum absolute atomic E-state index is 4.52. The molecule has 0 atom stereocenters. The highest BCUT2D eigenvalue weighted by Crippen LogP contribution is 2.04. The summed E-state index contributed by atoms with van der Waals surface area (Å²) >= 11 is 0. The average molecular weight is 261 g/mol. The van der Waals surface area contributed by atoms with Crippen molar-refractivity contribution in [2.45, 2.75) is 39.3 Å². The first-order valence-corrected chi connectivity index (χ1v) is 7.20. The Hall–Kier alpha value is -1.19. The van der Waals surface area contributed by atoms with Crippen LogP contribution < -0.4 is 5.32 Å². The van der Waals surface area contributed by atoms with Gasteiger partial charge < -0.3 is 10.2 Å². The van der Waals surface area contributed by atoms with Crippen LogP contribution in [0.1, 0.15) is 37.4 Å². The van der Waals surface area contributed by atoms with Crippen molar-refractivity contribution in [2.24, 2.45) is 0 Å². The second-order valence-corrected chi connectivity index (χ2v) is 5.00. The topological polar surface area (TPSA) is 28.2 Å². The molecule has 0 saturated heterocycles. The van der Waals surface area contributed by atoms with E-state index in [-0.39, 0.29) is 0 Å². The number of unbranched alkanes of at least 4 members (excludes halogenated alkanes) is 1. The lowest BCUT2D eigenvalue weighted by Gasteiger charge is -2.15. The maximum atomic E-state index is 4.52. The molecule has 0 aliphatic heterocycles. The third-order valence-electron chi connectivity index (χ3n) is 3.02. The monoisotopic (exact) mass is 261 g/mol. The van der Waals surface area contributed by atoms with Crippen molar-refractivity contribution in [3.8, 4) is 0 Å². The quantitative estimate of drug-likeness (QED) is 0.518. The number of aromatic nitrogens is 1. The van der Waals surface area contributed by atoms with Gasteiger partial charge in [0.1, 0.15) is 0 Å². The minimum atomic E-state index is 0.913. The van der Waals surface area contributed by atoms with Gasteiger partial charge in [0, 0.05) is 19.3 Å². The van der Waals surface area contributed by atoms with Gasteiger partial charge in [-0.05, 0) is 51.0 Å². The van der Waals surface area contributed by atoms with E-state index in [2.05, 4.69) is 47.9 Å². The zero-order valence-electron chi connectivity index (χ0n) is 12.4. The number of rotatable bonds is 10. The van der Waals surface area contributed by atoms with Gasteiger partial charge >= 0.3 is 0 Å². The highest BCUT2D eigenvalue weighted by molar-refractivity contribution is 5.13. The molecule has 0 spiro atoms. The summed E-state index contributed by atoms with van der Waals surface area (Å²) in [4.78, 5) is 6.83. The fourth-order valence-corrected chi connectivity index (χ4v) is 1.92. The van der Waals surface area contributed by atoms with E-state index < -0.39 is 0 Å². The molecule has 0 aliphatic carbocycles. The minimum absolute atomic E-state index is 0.913. The maximum Gasteiger partial charge on any atom is 0.0544 e. The number of nitrogens with zero attached hydrogens (tertiary/aromatic N) is 2. The van der Waals surface area contributed by atoms with Crippen molar-refractivity contribution in [1.82, 2.24) is 15.2 Å². The Labute approximate surface area is 117 Å². The van der Waals surface area contributed by atoms with Crippen molar-refractivity contribution >= 4 is 0 Å². The fourth-order valence-electron chi connectivity index (χ4n) is 1.92. The van der Waals surface area contributed by atoms with E-state index in [0.717, 1.165) is 38.3 Å². The van der Waals surface area contributed by atoms with E-state index in [1.165, 1.54) is 18.4 Å². The fraction of sp³-hybridized carbons (Fsp3) is 0.562. The number of allylic oxidation sites excluding steroid dienone is 1. The molecule has 1 rings (SSSR count). The molecule has 0 unspecified atom stereocenters. The Kier molecular flexibility index (Phi) is 8.10. The molecule has 0 saturated carbocycles. The molecule has 3 heteroatoms. The lowest BCUT2D eigenvalue weighted by atomic mass is 10.2. The van der Waals surface area contributed by atoms with E-state index >= 15 is 0 Å². The Balaban J connectivity index is 2.32. The molecule has 0 aliphatic rings. The van der Waals surface area contributed by atoms with Crippen molar-refractivity contribution in [2.75, 3.05) is 20.1 Å². The second-order valence-electron chi connectivity index (χ2n) is 5.00. The Morgan fingerprint density at radius 3 is 2.89 bits per heavy atom. The summed E-state index contributed by atoms with van der Waals surface area (Å²) in [7, 11) is 2.14. The van der Waals surface area contributed by atoms with Gasteiger partial charge in [-0.1, -0.05) is 19.1 Å². The molecule has 0 radical (unpaired) electrons. The summed E-state index contributed by atoms with van der Waals surface area (Å²) in [6.45, 7) is 9.91. The molecule has 1 aromatic heterocycles. The largest absolute Gasteiger partial charge is 0.313 e. The lowest BCUT2D eigenvalue weighted by Crippen LogP contribution is -2.20. The first kappa shape index (κ1) is 15.9. The van der Waals surface area contributed by atoms with Gasteiger partial charge in [0.25, 0.3) is 0 Å². The van der Waals surface area contributed by atoms with Crippen LogP contribution in [-0.4, -0.2) is 30.0 Å². The van der Waals surface area contributed by atoms with Gasteiger partial charge in [-0.15, -0.1) is 6.58 Å². The predicted molar refractivity (Wildman–Crippen MR) is 82.0 cm³/mol. The molecule has 0 bridgehead atoms. The summed E-state index contributed by atoms with van der Waals surface area (Å²) in [5, 5.41) is 3.39. The molecule has 1 heterocycles. The van der Waals surface area contributed by atoms with Crippen molar-refractivity contribution in [3.05, 3.63) is 42.2 Å². The molecule has 0 fully saturated rings. The van der Waals surface area contributed by atoms with Crippen molar-refractivity contribution in [3.63, 3.8) is 0 Å². The van der Waals surface area contributed by atoms with Crippen LogP contribution in [0, 0.1) is 0 Å². The molecule has 19 heavy (non-hydrogen) atoms. The molecule has 3 nitrogen and oxygen atoms in total. The van der Waals surface area contributed by atoms with Crippen LogP contribution in [0.5, 0.6) is 0 Å². The SMILES string of the molecule is C=CCCCN(C)Cc1ccc(CNCCC)cn1.